The van der Waals surface area contributed by atoms with E-state index < -0.39 is 0 Å². The molecule has 2 unspecified atom stereocenters. The lowest BCUT2D eigenvalue weighted by Gasteiger charge is -2.56. The second-order valence-corrected chi connectivity index (χ2v) is 6.79. The summed E-state index contributed by atoms with van der Waals surface area (Å²) >= 11 is 0. The van der Waals surface area contributed by atoms with Crippen molar-refractivity contribution >= 4 is 0 Å². The monoisotopic (exact) mass is 305 g/mol. The minimum Gasteiger partial charge on any atom is -0.507 e. The number of nitrogens with zero attached hydrogens (tertiary/aromatic N) is 1. The van der Waals surface area contributed by atoms with Gasteiger partial charge in [-0.15, -0.1) is 0 Å². The van der Waals surface area contributed by atoms with Crippen molar-refractivity contribution in [1.82, 2.24) is 4.90 Å². The normalized spacial score (nSPS) is 27.8. The predicted molar refractivity (Wildman–Crippen MR) is 85.8 cm³/mol. The van der Waals surface area contributed by atoms with Gasteiger partial charge in [0.1, 0.15) is 5.75 Å². The maximum absolute atomic E-state index is 10.2. The molecule has 0 aromatic heterocycles. The zero-order chi connectivity index (χ0) is 15.7. The standard InChI is InChI=1S/C18H27NO3/c1-3-22-16-11-15(20)18(16)7-9-19(10-8-18)12-14-6-4-5-13(2)17(14)21/h4-6,15-16,20-21H,3,7-12H2,1-2H3. The molecule has 4 nitrogen and oxygen atoms in total. The number of phenolic OH excluding ortho intramolecular Hbond substituents is 1. The van der Waals surface area contributed by atoms with Gasteiger partial charge in [0.05, 0.1) is 12.2 Å². The lowest BCUT2D eigenvalue weighted by atomic mass is 9.58. The Kier molecular flexibility index (Phi) is 4.44. The Bertz CT molecular complexity index is 521. The van der Waals surface area contributed by atoms with Gasteiger partial charge >= 0.3 is 0 Å². The molecule has 4 heteroatoms. The molecule has 1 heterocycles. The topological polar surface area (TPSA) is 52.9 Å². The third-order valence-corrected chi connectivity index (χ3v) is 5.61. The highest BCUT2D eigenvalue weighted by Crippen LogP contribution is 2.51. The van der Waals surface area contributed by atoms with E-state index in [1.807, 2.05) is 32.0 Å². The molecule has 0 bridgehead atoms. The Morgan fingerprint density at radius 2 is 2.05 bits per heavy atom. The molecular formula is C18H27NO3. The molecule has 2 aliphatic rings. The van der Waals surface area contributed by atoms with E-state index in [2.05, 4.69) is 4.90 Å². The van der Waals surface area contributed by atoms with E-state index in [9.17, 15) is 10.2 Å². The molecule has 1 aromatic rings. The van der Waals surface area contributed by atoms with Crippen molar-refractivity contribution in [3.8, 4) is 5.75 Å². The molecule has 2 atom stereocenters. The number of piperidine rings is 1. The molecule has 0 amide bonds. The molecule has 1 saturated carbocycles. The van der Waals surface area contributed by atoms with Gasteiger partial charge in [0.15, 0.2) is 0 Å². The van der Waals surface area contributed by atoms with Crippen LogP contribution < -0.4 is 0 Å². The maximum atomic E-state index is 10.2. The van der Waals surface area contributed by atoms with Gasteiger partial charge in [-0.2, -0.15) is 0 Å². The smallest absolute Gasteiger partial charge is 0.122 e. The van der Waals surface area contributed by atoms with E-state index in [-0.39, 0.29) is 17.6 Å². The summed E-state index contributed by atoms with van der Waals surface area (Å²) in [5.74, 6) is 0.415. The summed E-state index contributed by atoms with van der Waals surface area (Å²) in [6.45, 7) is 7.36. The highest BCUT2D eigenvalue weighted by Gasteiger charge is 2.55. The van der Waals surface area contributed by atoms with Crippen molar-refractivity contribution in [3.05, 3.63) is 29.3 Å². The summed E-state index contributed by atoms with van der Waals surface area (Å²) in [5, 5.41) is 20.4. The maximum Gasteiger partial charge on any atom is 0.122 e. The molecule has 2 N–H and O–H groups in total. The number of aromatic hydroxyl groups is 1. The van der Waals surface area contributed by atoms with Crippen LogP contribution in [0.4, 0.5) is 0 Å². The fourth-order valence-corrected chi connectivity index (χ4v) is 4.03. The SMILES string of the molecule is CCOC1CC(O)C12CCN(Cc1cccc(C)c1O)CC2. The van der Waals surface area contributed by atoms with Crippen LogP contribution in [0.1, 0.15) is 37.3 Å². The number of hydrogen-bond acceptors (Lipinski definition) is 4. The van der Waals surface area contributed by atoms with E-state index in [1.165, 1.54) is 0 Å². The first kappa shape index (κ1) is 15.8. The highest BCUT2D eigenvalue weighted by molar-refractivity contribution is 5.39. The van der Waals surface area contributed by atoms with Crippen molar-refractivity contribution in [3.63, 3.8) is 0 Å². The molecular weight excluding hydrogens is 278 g/mol. The van der Waals surface area contributed by atoms with Crippen LogP contribution in [0, 0.1) is 12.3 Å². The Hall–Kier alpha value is -1.10. The Morgan fingerprint density at radius 3 is 2.68 bits per heavy atom. The first-order valence-corrected chi connectivity index (χ1v) is 8.36. The van der Waals surface area contributed by atoms with Gasteiger partial charge in [0.25, 0.3) is 0 Å². The van der Waals surface area contributed by atoms with Gasteiger partial charge in [-0.3, -0.25) is 4.90 Å². The van der Waals surface area contributed by atoms with Crippen LogP contribution >= 0.6 is 0 Å². The molecule has 0 radical (unpaired) electrons. The molecule has 1 spiro atoms. The molecule has 3 rings (SSSR count). The van der Waals surface area contributed by atoms with Crippen LogP contribution in [-0.4, -0.2) is 47.0 Å². The van der Waals surface area contributed by atoms with Gasteiger partial charge < -0.3 is 14.9 Å². The van der Waals surface area contributed by atoms with Gasteiger partial charge in [0.2, 0.25) is 0 Å². The summed E-state index contributed by atoms with van der Waals surface area (Å²) in [6, 6.07) is 5.92. The second kappa shape index (κ2) is 6.19. The van der Waals surface area contributed by atoms with Gasteiger partial charge in [-0.25, -0.2) is 0 Å². The fraction of sp³-hybridized carbons (Fsp3) is 0.667. The Labute approximate surface area is 132 Å². The molecule has 1 aliphatic heterocycles. The largest absolute Gasteiger partial charge is 0.507 e. The molecule has 1 aliphatic carbocycles. The van der Waals surface area contributed by atoms with E-state index in [1.54, 1.807) is 0 Å². The van der Waals surface area contributed by atoms with Crippen molar-refractivity contribution in [2.45, 2.75) is 51.9 Å². The number of aliphatic hydroxyl groups excluding tert-OH is 1. The third-order valence-electron chi connectivity index (χ3n) is 5.61. The molecule has 1 aromatic carbocycles. The quantitative estimate of drug-likeness (QED) is 0.897. The minimum absolute atomic E-state index is 0.0266. The summed E-state index contributed by atoms with van der Waals surface area (Å²) in [7, 11) is 0. The number of phenols is 1. The van der Waals surface area contributed by atoms with Crippen molar-refractivity contribution in [2.75, 3.05) is 19.7 Å². The predicted octanol–water partition coefficient (Wildman–Crippen LogP) is 2.45. The number of aryl methyl sites for hydroxylation is 1. The van der Waals surface area contributed by atoms with Crippen LogP contribution in [0.3, 0.4) is 0 Å². The van der Waals surface area contributed by atoms with Gasteiger partial charge in [0, 0.05) is 30.6 Å². The third kappa shape index (κ3) is 2.64. The zero-order valence-electron chi connectivity index (χ0n) is 13.6. The highest BCUT2D eigenvalue weighted by atomic mass is 16.5. The van der Waals surface area contributed by atoms with Crippen molar-refractivity contribution in [2.24, 2.45) is 5.41 Å². The van der Waals surface area contributed by atoms with E-state index in [0.29, 0.717) is 5.75 Å². The van der Waals surface area contributed by atoms with E-state index >= 15 is 0 Å². The average molecular weight is 305 g/mol. The first-order valence-electron chi connectivity index (χ1n) is 8.36. The number of para-hydroxylation sites is 1. The zero-order valence-corrected chi connectivity index (χ0v) is 13.6. The lowest BCUT2D eigenvalue weighted by molar-refractivity contribution is -0.209. The molecule has 2 fully saturated rings. The Morgan fingerprint density at radius 1 is 1.32 bits per heavy atom. The number of aliphatic hydroxyl groups is 1. The summed E-state index contributed by atoms with van der Waals surface area (Å²) in [5.41, 5.74) is 1.89. The summed E-state index contributed by atoms with van der Waals surface area (Å²) in [6.07, 6.45) is 2.75. The molecule has 22 heavy (non-hydrogen) atoms. The summed E-state index contributed by atoms with van der Waals surface area (Å²) < 4.78 is 5.81. The number of benzene rings is 1. The molecule has 1 saturated heterocycles. The number of likely N-dealkylation sites (tertiary alicyclic amines) is 1. The van der Waals surface area contributed by atoms with Crippen molar-refractivity contribution in [1.29, 1.82) is 0 Å². The average Bonchev–Trinajstić information content (AvgIpc) is 2.52. The second-order valence-electron chi connectivity index (χ2n) is 6.79. The number of hydrogen-bond donors (Lipinski definition) is 2. The number of ether oxygens (including phenoxy) is 1. The minimum atomic E-state index is -0.210. The van der Waals surface area contributed by atoms with Gasteiger partial charge in [-0.1, -0.05) is 18.2 Å². The van der Waals surface area contributed by atoms with Crippen LogP contribution in [0.25, 0.3) is 0 Å². The first-order chi connectivity index (χ1) is 10.6. The van der Waals surface area contributed by atoms with Gasteiger partial charge in [-0.05, 0) is 45.3 Å². The molecule has 122 valence electrons. The van der Waals surface area contributed by atoms with Crippen LogP contribution in [0.5, 0.6) is 5.75 Å². The summed E-state index contributed by atoms with van der Waals surface area (Å²) in [4.78, 5) is 2.37. The Balaban J connectivity index is 1.61. The van der Waals surface area contributed by atoms with Crippen LogP contribution in [0.15, 0.2) is 18.2 Å². The van der Waals surface area contributed by atoms with E-state index in [0.717, 1.165) is 56.6 Å². The van der Waals surface area contributed by atoms with Crippen LogP contribution in [-0.2, 0) is 11.3 Å². The fourth-order valence-electron chi connectivity index (χ4n) is 4.03. The van der Waals surface area contributed by atoms with Crippen molar-refractivity contribution < 1.29 is 14.9 Å². The number of rotatable bonds is 4. The van der Waals surface area contributed by atoms with Crippen LogP contribution in [0.2, 0.25) is 0 Å². The van der Waals surface area contributed by atoms with E-state index in [4.69, 9.17) is 4.74 Å². The lowest BCUT2D eigenvalue weighted by Crippen LogP contribution is -2.62.